The van der Waals surface area contributed by atoms with Gasteiger partial charge in [-0.1, -0.05) is 12.1 Å². The van der Waals surface area contributed by atoms with Gasteiger partial charge in [0.25, 0.3) is 0 Å². The average molecular weight is 586 g/mol. The van der Waals surface area contributed by atoms with Crippen molar-refractivity contribution in [2.75, 3.05) is 41.4 Å². The summed E-state index contributed by atoms with van der Waals surface area (Å²) in [6.07, 6.45) is -0.264. The van der Waals surface area contributed by atoms with Crippen molar-refractivity contribution in [2.24, 2.45) is 0 Å². The number of nitrogens with zero attached hydrogens (tertiary/aromatic N) is 6. The molecule has 42 heavy (non-hydrogen) atoms. The maximum absolute atomic E-state index is 13.7. The number of aryl methyl sites for hydroxylation is 1. The van der Waals surface area contributed by atoms with Crippen molar-refractivity contribution in [2.45, 2.75) is 57.7 Å². The van der Waals surface area contributed by atoms with E-state index < -0.39 is 23.6 Å². The minimum Gasteiger partial charge on any atom is -0.461 e. The average Bonchev–Trinajstić information content (AvgIpc) is 3.30. The molecule has 0 aliphatic carbocycles. The van der Waals surface area contributed by atoms with Crippen LogP contribution in [0.5, 0.6) is 6.01 Å². The second-order valence-corrected chi connectivity index (χ2v) is 10.9. The number of carbonyl (C=O) groups is 1. The smallest absolute Gasteiger partial charge is 0.416 e. The van der Waals surface area contributed by atoms with Gasteiger partial charge < -0.3 is 24.4 Å². The quantitative estimate of drug-likeness (QED) is 0.450. The molecular weight excluding hydrogens is 555 g/mol. The zero-order chi connectivity index (χ0) is 29.6. The first kappa shape index (κ1) is 28.1. The predicted molar refractivity (Wildman–Crippen MR) is 146 cm³/mol. The number of hydrogen-bond acceptors (Lipinski definition) is 9. The Labute approximate surface area is 240 Å². The molecule has 2 atom stereocenters. The number of urea groups is 1. The molecule has 14 heteroatoms. The molecule has 11 nitrogen and oxygen atoms in total. The molecule has 6 rings (SSSR count). The van der Waals surface area contributed by atoms with Crippen molar-refractivity contribution >= 4 is 23.2 Å². The van der Waals surface area contributed by atoms with Crippen LogP contribution in [0.1, 0.15) is 37.9 Å². The van der Waals surface area contributed by atoms with Gasteiger partial charge in [-0.05, 0) is 45.7 Å². The Bertz CT molecular complexity index is 1490. The van der Waals surface area contributed by atoms with Crippen molar-refractivity contribution in [1.29, 1.82) is 0 Å². The minimum absolute atomic E-state index is 0.112. The van der Waals surface area contributed by atoms with Crippen molar-refractivity contribution in [3.63, 3.8) is 0 Å². The molecule has 0 radical (unpaired) electrons. The molecule has 3 aromatic rings. The van der Waals surface area contributed by atoms with Crippen LogP contribution >= 0.6 is 0 Å². The van der Waals surface area contributed by atoms with Crippen LogP contribution in [0.4, 0.5) is 35.2 Å². The molecule has 2 saturated heterocycles. The number of benzene rings is 1. The van der Waals surface area contributed by atoms with E-state index in [1.54, 1.807) is 11.8 Å². The Balaban J connectivity index is 1.23. The number of fused-ring (bicyclic) bond motifs is 4. The molecule has 5 heterocycles. The molecular formula is C28H30F3N7O4. The molecule has 3 aliphatic rings. The molecule has 1 N–H and O–H groups in total. The van der Waals surface area contributed by atoms with Gasteiger partial charge >= 0.3 is 18.2 Å². The molecule has 2 amide bonds. The van der Waals surface area contributed by atoms with Gasteiger partial charge in [0.1, 0.15) is 18.4 Å². The maximum atomic E-state index is 13.7. The van der Waals surface area contributed by atoms with Crippen LogP contribution in [0, 0.1) is 6.92 Å². The second kappa shape index (κ2) is 10.7. The summed E-state index contributed by atoms with van der Waals surface area (Å²) in [6.45, 7) is 7.41. The number of amides is 2. The number of piperidine rings is 1. The Morgan fingerprint density at radius 2 is 2.00 bits per heavy atom. The number of halogens is 3. The summed E-state index contributed by atoms with van der Waals surface area (Å²) >= 11 is 0. The SMILES string of the molecule is Cc1nc(-c2cccc(C(F)(F)F)c2)nc2c1N1CCC[C@@H](C1)N2C(=O)Nc1cnc(OCC2COC(C)(C)O2)nc1. The first-order chi connectivity index (χ1) is 20.0. The lowest BCUT2D eigenvalue weighted by molar-refractivity contribution is -0.141. The third-order valence-electron chi connectivity index (χ3n) is 7.36. The molecule has 1 aromatic carbocycles. The van der Waals surface area contributed by atoms with Gasteiger partial charge in [-0.25, -0.2) is 24.7 Å². The fourth-order valence-electron chi connectivity index (χ4n) is 5.51. The number of ether oxygens (including phenoxy) is 3. The Morgan fingerprint density at radius 3 is 2.71 bits per heavy atom. The summed E-state index contributed by atoms with van der Waals surface area (Å²) in [5, 5.41) is 2.83. The largest absolute Gasteiger partial charge is 0.461 e. The highest BCUT2D eigenvalue weighted by Gasteiger charge is 2.40. The maximum Gasteiger partial charge on any atom is 0.416 e. The first-order valence-electron chi connectivity index (χ1n) is 13.6. The van der Waals surface area contributed by atoms with Gasteiger partial charge in [-0.2, -0.15) is 13.2 Å². The fraction of sp³-hybridized carbons (Fsp3) is 0.464. The molecule has 2 fully saturated rings. The van der Waals surface area contributed by atoms with Crippen LogP contribution in [0.3, 0.4) is 0 Å². The topological polar surface area (TPSA) is 115 Å². The van der Waals surface area contributed by atoms with Gasteiger partial charge in [0, 0.05) is 18.7 Å². The molecule has 1 unspecified atom stereocenters. The van der Waals surface area contributed by atoms with E-state index in [9.17, 15) is 18.0 Å². The van der Waals surface area contributed by atoms with Crippen LogP contribution in [0.2, 0.25) is 0 Å². The second-order valence-electron chi connectivity index (χ2n) is 10.9. The monoisotopic (exact) mass is 585 g/mol. The van der Waals surface area contributed by atoms with Crippen molar-refractivity contribution < 1.29 is 32.2 Å². The normalized spacial score (nSPS) is 21.2. The van der Waals surface area contributed by atoms with E-state index in [2.05, 4.69) is 30.2 Å². The van der Waals surface area contributed by atoms with Gasteiger partial charge in [-0.15, -0.1) is 0 Å². The molecule has 0 spiro atoms. The van der Waals surface area contributed by atoms with Gasteiger partial charge in [0.05, 0.1) is 42.0 Å². The van der Waals surface area contributed by atoms with Crippen molar-refractivity contribution in [3.8, 4) is 17.4 Å². The predicted octanol–water partition coefficient (Wildman–Crippen LogP) is 4.81. The number of rotatable bonds is 5. The number of alkyl halides is 3. The Morgan fingerprint density at radius 1 is 1.21 bits per heavy atom. The zero-order valence-corrected chi connectivity index (χ0v) is 23.3. The molecule has 222 valence electrons. The third-order valence-corrected chi connectivity index (χ3v) is 7.36. The Kier molecular flexibility index (Phi) is 7.13. The van der Waals surface area contributed by atoms with E-state index in [0.717, 1.165) is 31.5 Å². The lowest BCUT2D eigenvalue weighted by Gasteiger charge is -2.46. The number of carbonyl (C=O) groups excluding carboxylic acids is 1. The molecule has 0 saturated carbocycles. The lowest BCUT2D eigenvalue weighted by Crippen LogP contribution is -2.56. The molecule has 2 bridgehead atoms. The van der Waals surface area contributed by atoms with Crippen LogP contribution in [0.25, 0.3) is 11.4 Å². The molecule has 3 aliphatic heterocycles. The summed E-state index contributed by atoms with van der Waals surface area (Å²) in [6, 6.07) is 4.36. The number of nitrogens with one attached hydrogen (secondary N) is 1. The highest BCUT2D eigenvalue weighted by atomic mass is 19.4. The van der Waals surface area contributed by atoms with E-state index >= 15 is 0 Å². The lowest BCUT2D eigenvalue weighted by atomic mass is 9.99. The number of hydrogen-bond donors (Lipinski definition) is 1. The van der Waals surface area contributed by atoms with Crippen LogP contribution in [0.15, 0.2) is 36.7 Å². The minimum atomic E-state index is -4.51. The highest BCUT2D eigenvalue weighted by Crippen LogP contribution is 2.41. The van der Waals surface area contributed by atoms with E-state index in [-0.39, 0.29) is 36.2 Å². The van der Waals surface area contributed by atoms with Crippen molar-refractivity contribution in [1.82, 2.24) is 19.9 Å². The van der Waals surface area contributed by atoms with Gasteiger partial charge in [0.15, 0.2) is 17.4 Å². The van der Waals surface area contributed by atoms with E-state index in [4.69, 9.17) is 14.2 Å². The zero-order valence-electron chi connectivity index (χ0n) is 23.3. The van der Waals surface area contributed by atoms with Crippen LogP contribution in [-0.2, 0) is 15.7 Å². The standard InChI is InChI=1S/C28H30F3N7O4/c1-16-22-24(36-23(34-16)17-6-4-7-18(10-17)28(29,30)31)38(20-8-5-9-37(22)13-20)26(39)35-19-11-32-25(33-12-19)40-14-21-15-41-27(2,3)42-21/h4,6-7,10-12,20-21H,5,8-9,13-15H2,1-3H3,(H,35,39)/t20-,21?/m0/s1. The third kappa shape index (κ3) is 5.68. The van der Waals surface area contributed by atoms with E-state index in [1.165, 1.54) is 24.5 Å². The summed E-state index contributed by atoms with van der Waals surface area (Å²) in [7, 11) is 0. The molecule has 2 aromatic heterocycles. The highest BCUT2D eigenvalue weighted by molar-refractivity contribution is 6.04. The van der Waals surface area contributed by atoms with E-state index in [1.807, 2.05) is 13.8 Å². The fourth-order valence-corrected chi connectivity index (χ4v) is 5.51. The Hall–Kier alpha value is -4.04. The van der Waals surface area contributed by atoms with Gasteiger partial charge in [0.2, 0.25) is 0 Å². The van der Waals surface area contributed by atoms with Crippen LogP contribution in [-0.4, -0.2) is 70.2 Å². The van der Waals surface area contributed by atoms with Crippen LogP contribution < -0.4 is 19.9 Å². The number of anilines is 3. The first-order valence-corrected chi connectivity index (χ1v) is 13.6. The van der Waals surface area contributed by atoms with E-state index in [0.29, 0.717) is 36.0 Å². The summed E-state index contributed by atoms with van der Waals surface area (Å²) < 4.78 is 57.0. The van der Waals surface area contributed by atoms with Gasteiger partial charge in [-0.3, -0.25) is 4.90 Å². The summed E-state index contributed by atoms with van der Waals surface area (Å²) in [4.78, 5) is 35.0. The summed E-state index contributed by atoms with van der Waals surface area (Å²) in [5.74, 6) is -0.199. The summed E-state index contributed by atoms with van der Waals surface area (Å²) in [5.41, 5.74) is 1.03. The van der Waals surface area contributed by atoms with Crippen molar-refractivity contribution in [3.05, 3.63) is 47.9 Å². The number of aromatic nitrogens is 4.